The smallest absolute Gasteiger partial charge is 0.127 e. The Balaban J connectivity index is 0.000000253. The lowest BCUT2D eigenvalue weighted by atomic mass is 10.1. The number of methoxy groups -OCH3 is 1. The van der Waals surface area contributed by atoms with Crippen LogP contribution in [-0.4, -0.2) is 13.3 Å². The summed E-state index contributed by atoms with van der Waals surface area (Å²) in [5, 5.41) is 3.87. The van der Waals surface area contributed by atoms with Crippen molar-refractivity contribution in [2.75, 3.05) is 7.11 Å². The standard InChI is InChI=1S/C10H13N3O.C9H12/c1-8(11)13-12-7-9-5-3-4-6-10(9)14-2;1-3-9-6-4-5-8(2)7-9/h3-7,13H,1,11H2,2H3;4-7H,3H2,1-2H3/b12-7+;. The first kappa shape index (κ1) is 18.3. The van der Waals surface area contributed by atoms with Gasteiger partial charge in [-0.1, -0.05) is 55.5 Å². The number of aryl methyl sites for hydroxylation is 2. The van der Waals surface area contributed by atoms with Crippen LogP contribution in [0.1, 0.15) is 23.6 Å². The number of hydrogen-bond acceptors (Lipinski definition) is 4. The Morgan fingerprint density at radius 2 is 2.00 bits per heavy atom. The molecule has 2 aromatic rings. The summed E-state index contributed by atoms with van der Waals surface area (Å²) in [6.45, 7) is 7.75. The highest BCUT2D eigenvalue weighted by Gasteiger charge is 1.96. The van der Waals surface area contributed by atoms with Gasteiger partial charge >= 0.3 is 0 Å². The number of nitrogens with zero attached hydrogens (tertiary/aromatic N) is 1. The Kier molecular flexibility index (Phi) is 8.00. The number of hydrazone groups is 1. The predicted octanol–water partition coefficient (Wildman–Crippen LogP) is 3.61. The van der Waals surface area contributed by atoms with Crippen LogP contribution in [0.5, 0.6) is 5.75 Å². The Hall–Kier alpha value is -2.75. The molecule has 0 aliphatic carbocycles. The molecule has 23 heavy (non-hydrogen) atoms. The molecular weight excluding hydrogens is 286 g/mol. The summed E-state index contributed by atoms with van der Waals surface area (Å²) in [4.78, 5) is 0. The molecule has 0 atom stereocenters. The molecule has 0 amide bonds. The fourth-order valence-corrected chi connectivity index (χ4v) is 1.89. The molecule has 0 spiro atoms. The molecule has 0 bridgehead atoms. The van der Waals surface area contributed by atoms with Crippen molar-refractivity contribution in [1.29, 1.82) is 0 Å². The largest absolute Gasteiger partial charge is 0.496 e. The van der Waals surface area contributed by atoms with E-state index in [0.717, 1.165) is 17.7 Å². The number of nitrogens with two attached hydrogens (primary N) is 1. The molecule has 2 rings (SSSR count). The number of para-hydroxylation sites is 1. The van der Waals surface area contributed by atoms with Crippen LogP contribution in [0.25, 0.3) is 0 Å². The molecule has 2 aromatic carbocycles. The van der Waals surface area contributed by atoms with E-state index in [1.165, 1.54) is 11.1 Å². The molecule has 4 nitrogen and oxygen atoms in total. The highest BCUT2D eigenvalue weighted by molar-refractivity contribution is 5.83. The van der Waals surface area contributed by atoms with Crippen molar-refractivity contribution in [3.8, 4) is 5.75 Å². The van der Waals surface area contributed by atoms with E-state index >= 15 is 0 Å². The van der Waals surface area contributed by atoms with E-state index in [0.29, 0.717) is 5.82 Å². The van der Waals surface area contributed by atoms with Gasteiger partial charge in [0.2, 0.25) is 0 Å². The first-order chi connectivity index (χ1) is 11.1. The van der Waals surface area contributed by atoms with Gasteiger partial charge in [-0.15, -0.1) is 0 Å². The summed E-state index contributed by atoms with van der Waals surface area (Å²) in [6.07, 6.45) is 2.76. The van der Waals surface area contributed by atoms with Gasteiger partial charge in [-0.3, -0.25) is 5.43 Å². The molecule has 0 fully saturated rings. The zero-order valence-corrected chi connectivity index (χ0v) is 14.0. The predicted molar refractivity (Wildman–Crippen MR) is 97.6 cm³/mol. The minimum absolute atomic E-state index is 0.302. The number of rotatable bonds is 5. The highest BCUT2D eigenvalue weighted by atomic mass is 16.5. The first-order valence-electron chi connectivity index (χ1n) is 7.48. The fourth-order valence-electron chi connectivity index (χ4n) is 1.89. The number of benzene rings is 2. The monoisotopic (exact) mass is 311 g/mol. The van der Waals surface area contributed by atoms with Gasteiger partial charge < -0.3 is 10.5 Å². The third-order valence-corrected chi connectivity index (χ3v) is 3.04. The fraction of sp³-hybridized carbons (Fsp3) is 0.211. The lowest BCUT2D eigenvalue weighted by molar-refractivity contribution is 0.414. The number of hydrogen-bond donors (Lipinski definition) is 2. The Morgan fingerprint density at radius 1 is 1.26 bits per heavy atom. The lowest BCUT2D eigenvalue weighted by Crippen LogP contribution is -2.12. The van der Waals surface area contributed by atoms with Gasteiger partial charge in [0.1, 0.15) is 11.6 Å². The molecule has 0 unspecified atom stereocenters. The van der Waals surface area contributed by atoms with Crippen LogP contribution < -0.4 is 15.9 Å². The SMILES string of the molecule is C=C(N)N/N=C/c1ccccc1OC.CCc1cccc(C)c1. The van der Waals surface area contributed by atoms with Crippen molar-refractivity contribution in [3.05, 3.63) is 77.6 Å². The van der Waals surface area contributed by atoms with Gasteiger partial charge in [0, 0.05) is 5.56 Å². The lowest BCUT2D eigenvalue weighted by Gasteiger charge is -2.02. The topological polar surface area (TPSA) is 59.6 Å². The third-order valence-electron chi connectivity index (χ3n) is 3.04. The molecule has 0 aliphatic heterocycles. The maximum atomic E-state index is 5.28. The normalized spacial score (nSPS) is 9.87. The van der Waals surface area contributed by atoms with Crippen molar-refractivity contribution in [3.63, 3.8) is 0 Å². The highest BCUT2D eigenvalue weighted by Crippen LogP contribution is 2.14. The Labute approximate surface area is 138 Å². The Morgan fingerprint density at radius 3 is 2.57 bits per heavy atom. The van der Waals surface area contributed by atoms with Gasteiger partial charge in [-0.2, -0.15) is 5.10 Å². The van der Waals surface area contributed by atoms with Gasteiger partial charge in [0.05, 0.1) is 13.3 Å². The van der Waals surface area contributed by atoms with E-state index < -0.39 is 0 Å². The summed E-state index contributed by atoms with van der Waals surface area (Å²) in [7, 11) is 1.61. The second-order valence-corrected chi connectivity index (χ2v) is 4.98. The number of ether oxygens (including phenoxy) is 1. The average Bonchev–Trinajstić information content (AvgIpc) is 2.55. The molecule has 0 saturated heterocycles. The second-order valence-electron chi connectivity index (χ2n) is 4.98. The van der Waals surface area contributed by atoms with Crippen LogP contribution in [0.4, 0.5) is 0 Å². The molecular formula is C19H25N3O. The van der Waals surface area contributed by atoms with Gasteiger partial charge in [-0.05, 0) is 31.0 Å². The molecule has 3 N–H and O–H groups in total. The van der Waals surface area contributed by atoms with Crippen LogP contribution in [0, 0.1) is 6.92 Å². The van der Waals surface area contributed by atoms with E-state index in [9.17, 15) is 0 Å². The van der Waals surface area contributed by atoms with E-state index in [1.807, 2.05) is 24.3 Å². The Bertz CT molecular complexity index is 651. The van der Waals surface area contributed by atoms with Crippen molar-refractivity contribution in [2.45, 2.75) is 20.3 Å². The molecule has 0 aliphatic rings. The van der Waals surface area contributed by atoms with Gasteiger partial charge in [0.25, 0.3) is 0 Å². The molecule has 0 aromatic heterocycles. The maximum absolute atomic E-state index is 5.28. The molecule has 0 radical (unpaired) electrons. The van der Waals surface area contributed by atoms with Crippen LogP contribution in [-0.2, 0) is 6.42 Å². The minimum Gasteiger partial charge on any atom is -0.496 e. The van der Waals surface area contributed by atoms with Crippen LogP contribution in [0.2, 0.25) is 0 Å². The van der Waals surface area contributed by atoms with Crippen molar-refractivity contribution < 1.29 is 4.74 Å². The van der Waals surface area contributed by atoms with Crippen LogP contribution in [0.3, 0.4) is 0 Å². The summed E-state index contributed by atoms with van der Waals surface area (Å²) in [6, 6.07) is 16.2. The first-order valence-corrected chi connectivity index (χ1v) is 7.48. The average molecular weight is 311 g/mol. The molecule has 122 valence electrons. The quantitative estimate of drug-likeness (QED) is 0.655. The van der Waals surface area contributed by atoms with E-state index in [1.54, 1.807) is 13.3 Å². The van der Waals surface area contributed by atoms with Crippen molar-refractivity contribution >= 4 is 6.21 Å². The van der Waals surface area contributed by atoms with E-state index in [-0.39, 0.29) is 0 Å². The zero-order chi connectivity index (χ0) is 17.1. The second kappa shape index (κ2) is 10.1. The number of nitrogens with one attached hydrogen (secondary N) is 1. The van der Waals surface area contributed by atoms with Gasteiger partial charge in [0.15, 0.2) is 0 Å². The van der Waals surface area contributed by atoms with Crippen molar-refractivity contribution in [1.82, 2.24) is 5.43 Å². The molecule has 0 heterocycles. The van der Waals surface area contributed by atoms with Crippen LogP contribution in [0.15, 0.2) is 66.0 Å². The molecule has 4 heteroatoms. The van der Waals surface area contributed by atoms with E-state index in [2.05, 4.69) is 55.2 Å². The maximum Gasteiger partial charge on any atom is 0.127 e. The summed E-state index contributed by atoms with van der Waals surface area (Å²) in [5.74, 6) is 1.07. The van der Waals surface area contributed by atoms with Crippen molar-refractivity contribution in [2.24, 2.45) is 10.8 Å². The minimum atomic E-state index is 0.302. The molecule has 0 saturated carbocycles. The third kappa shape index (κ3) is 7.18. The van der Waals surface area contributed by atoms with Crippen LogP contribution >= 0.6 is 0 Å². The summed E-state index contributed by atoms with van der Waals surface area (Å²) >= 11 is 0. The zero-order valence-electron chi connectivity index (χ0n) is 14.0. The summed E-state index contributed by atoms with van der Waals surface area (Å²) in [5.41, 5.74) is 11.5. The van der Waals surface area contributed by atoms with E-state index in [4.69, 9.17) is 10.5 Å². The summed E-state index contributed by atoms with van der Waals surface area (Å²) < 4.78 is 5.13. The van der Waals surface area contributed by atoms with Gasteiger partial charge in [-0.25, -0.2) is 0 Å².